The number of aliphatic hydroxyl groups is 1. The quantitative estimate of drug-likeness (QED) is 0.826. The van der Waals surface area contributed by atoms with Crippen molar-refractivity contribution in [3.05, 3.63) is 59.7 Å². The number of aliphatic hydroxyl groups excluding tert-OH is 1. The molecule has 0 saturated heterocycles. The zero-order valence-electron chi connectivity index (χ0n) is 10.8. The van der Waals surface area contributed by atoms with Gasteiger partial charge < -0.3 is 5.11 Å². The monoisotopic (exact) mass is 251 g/mol. The Morgan fingerprint density at radius 3 is 1.95 bits per heavy atom. The van der Waals surface area contributed by atoms with Crippen LogP contribution in [-0.4, -0.2) is 11.7 Å². The fourth-order valence-corrected chi connectivity index (χ4v) is 2.04. The third-order valence-corrected chi connectivity index (χ3v) is 3.17. The molecule has 1 N–H and O–H groups in total. The molecule has 0 saturated carbocycles. The van der Waals surface area contributed by atoms with E-state index in [0.29, 0.717) is 5.56 Å². The average molecular weight is 251 g/mol. The van der Waals surface area contributed by atoms with Gasteiger partial charge in [0, 0.05) is 6.61 Å². The van der Waals surface area contributed by atoms with Crippen molar-refractivity contribution < 1.29 is 5.11 Å². The summed E-state index contributed by atoms with van der Waals surface area (Å²) in [7, 11) is 0. The van der Waals surface area contributed by atoms with Crippen molar-refractivity contribution >= 4 is 0 Å². The molecule has 0 amide bonds. The molecule has 96 valence electrons. The first-order chi connectivity index (χ1) is 9.33. The maximum absolute atomic E-state index is 8.77. The molecule has 0 bridgehead atoms. The molecule has 2 heteroatoms. The Balaban J connectivity index is 2.07. The molecule has 0 radical (unpaired) electrons. The lowest BCUT2D eigenvalue weighted by Gasteiger charge is -2.04. The summed E-state index contributed by atoms with van der Waals surface area (Å²) in [5.74, 6) is 0. The Labute approximate surface area is 114 Å². The van der Waals surface area contributed by atoms with E-state index in [1.165, 1.54) is 5.56 Å². The van der Waals surface area contributed by atoms with Gasteiger partial charge in [-0.2, -0.15) is 5.26 Å². The molecule has 0 aliphatic heterocycles. The Morgan fingerprint density at radius 1 is 0.842 bits per heavy atom. The highest BCUT2D eigenvalue weighted by Gasteiger charge is 1.99. The Hall–Kier alpha value is -2.11. The van der Waals surface area contributed by atoms with Crippen molar-refractivity contribution in [3.8, 4) is 17.2 Å². The first-order valence-electron chi connectivity index (χ1n) is 6.54. The minimum atomic E-state index is 0.267. The van der Waals surface area contributed by atoms with Gasteiger partial charge in [-0.1, -0.05) is 36.4 Å². The molecular weight excluding hydrogens is 234 g/mol. The summed E-state index contributed by atoms with van der Waals surface area (Å²) >= 11 is 0. The smallest absolute Gasteiger partial charge is 0.0991 e. The van der Waals surface area contributed by atoms with E-state index < -0.39 is 0 Å². The van der Waals surface area contributed by atoms with Gasteiger partial charge in [0.2, 0.25) is 0 Å². The van der Waals surface area contributed by atoms with Crippen molar-refractivity contribution in [3.63, 3.8) is 0 Å². The lowest BCUT2D eigenvalue weighted by Crippen LogP contribution is -1.88. The van der Waals surface area contributed by atoms with Gasteiger partial charge in [0.05, 0.1) is 11.6 Å². The second-order valence-corrected chi connectivity index (χ2v) is 4.57. The fourth-order valence-electron chi connectivity index (χ4n) is 2.04. The van der Waals surface area contributed by atoms with Crippen molar-refractivity contribution in [2.24, 2.45) is 0 Å². The van der Waals surface area contributed by atoms with Gasteiger partial charge in [0.25, 0.3) is 0 Å². The number of rotatable bonds is 5. The van der Waals surface area contributed by atoms with Crippen LogP contribution >= 0.6 is 0 Å². The molecule has 0 aliphatic rings. The average Bonchev–Trinajstić information content (AvgIpc) is 2.48. The van der Waals surface area contributed by atoms with Gasteiger partial charge in [-0.05, 0) is 48.1 Å². The van der Waals surface area contributed by atoms with E-state index in [0.717, 1.165) is 30.4 Å². The van der Waals surface area contributed by atoms with Gasteiger partial charge in [-0.3, -0.25) is 0 Å². The van der Waals surface area contributed by atoms with E-state index in [2.05, 4.69) is 30.3 Å². The fraction of sp³-hybridized carbons (Fsp3) is 0.235. The summed E-state index contributed by atoms with van der Waals surface area (Å²) in [5.41, 5.74) is 4.27. The Morgan fingerprint density at radius 2 is 1.42 bits per heavy atom. The normalized spacial score (nSPS) is 10.1. The first kappa shape index (κ1) is 13.3. The highest BCUT2D eigenvalue weighted by Crippen LogP contribution is 2.20. The van der Waals surface area contributed by atoms with Crippen molar-refractivity contribution in [2.45, 2.75) is 19.3 Å². The molecule has 2 nitrogen and oxygen atoms in total. The van der Waals surface area contributed by atoms with Crippen LogP contribution in [0.25, 0.3) is 11.1 Å². The first-order valence-corrected chi connectivity index (χ1v) is 6.54. The number of aryl methyl sites for hydroxylation is 1. The minimum absolute atomic E-state index is 0.267. The lowest BCUT2D eigenvalue weighted by molar-refractivity contribution is 0.284. The topological polar surface area (TPSA) is 44.0 Å². The van der Waals surface area contributed by atoms with Gasteiger partial charge in [0.1, 0.15) is 0 Å². The van der Waals surface area contributed by atoms with Crippen LogP contribution in [0.4, 0.5) is 0 Å². The van der Waals surface area contributed by atoms with E-state index in [-0.39, 0.29) is 6.61 Å². The number of unbranched alkanes of at least 4 members (excludes halogenated alkanes) is 1. The zero-order chi connectivity index (χ0) is 13.5. The van der Waals surface area contributed by atoms with E-state index in [1.807, 2.05) is 24.3 Å². The highest BCUT2D eigenvalue weighted by molar-refractivity contribution is 5.64. The van der Waals surface area contributed by atoms with Crippen LogP contribution in [0.1, 0.15) is 24.0 Å². The summed E-state index contributed by atoms with van der Waals surface area (Å²) in [5, 5.41) is 17.5. The molecule has 0 aliphatic carbocycles. The van der Waals surface area contributed by atoms with E-state index in [1.54, 1.807) is 0 Å². The third-order valence-electron chi connectivity index (χ3n) is 3.17. The SMILES string of the molecule is N#Cc1ccc(-c2ccc(CCCCO)cc2)cc1. The molecule has 2 rings (SSSR count). The van der Waals surface area contributed by atoms with Crippen LogP contribution in [0.15, 0.2) is 48.5 Å². The summed E-state index contributed by atoms with van der Waals surface area (Å²) in [6.07, 6.45) is 2.89. The molecule has 19 heavy (non-hydrogen) atoms. The van der Waals surface area contributed by atoms with E-state index in [4.69, 9.17) is 10.4 Å². The summed E-state index contributed by atoms with van der Waals surface area (Å²) in [4.78, 5) is 0. The van der Waals surface area contributed by atoms with E-state index in [9.17, 15) is 0 Å². The number of benzene rings is 2. The predicted octanol–water partition coefficient (Wildman–Crippen LogP) is 3.54. The largest absolute Gasteiger partial charge is 0.396 e. The summed E-state index contributed by atoms with van der Waals surface area (Å²) in [6.45, 7) is 0.267. The van der Waals surface area contributed by atoms with E-state index >= 15 is 0 Å². The van der Waals surface area contributed by atoms with Gasteiger partial charge in [-0.25, -0.2) is 0 Å². The van der Waals surface area contributed by atoms with Crippen molar-refractivity contribution in [1.29, 1.82) is 5.26 Å². The second kappa shape index (κ2) is 6.72. The molecule has 0 aromatic heterocycles. The molecule has 0 heterocycles. The Bertz CT molecular complexity index is 549. The maximum atomic E-state index is 8.77. The molecule has 0 atom stereocenters. The molecule has 2 aromatic carbocycles. The van der Waals surface area contributed by atoms with Gasteiger partial charge in [0.15, 0.2) is 0 Å². The van der Waals surface area contributed by atoms with Gasteiger partial charge >= 0.3 is 0 Å². The van der Waals surface area contributed by atoms with Crippen LogP contribution < -0.4 is 0 Å². The Kier molecular flexibility index (Phi) is 4.72. The number of nitrogens with zero attached hydrogens (tertiary/aromatic N) is 1. The number of hydrogen-bond acceptors (Lipinski definition) is 2. The second-order valence-electron chi connectivity index (χ2n) is 4.57. The zero-order valence-corrected chi connectivity index (χ0v) is 10.8. The lowest BCUT2D eigenvalue weighted by atomic mass is 10.0. The third kappa shape index (κ3) is 3.67. The molecule has 2 aromatic rings. The molecular formula is C17H17NO. The van der Waals surface area contributed by atoms with Gasteiger partial charge in [-0.15, -0.1) is 0 Å². The highest BCUT2D eigenvalue weighted by atomic mass is 16.2. The number of hydrogen-bond donors (Lipinski definition) is 1. The van der Waals surface area contributed by atoms with Crippen LogP contribution in [0.3, 0.4) is 0 Å². The van der Waals surface area contributed by atoms with Crippen LogP contribution in [0, 0.1) is 11.3 Å². The number of nitriles is 1. The maximum Gasteiger partial charge on any atom is 0.0991 e. The van der Waals surface area contributed by atoms with Crippen molar-refractivity contribution in [2.75, 3.05) is 6.61 Å². The minimum Gasteiger partial charge on any atom is -0.396 e. The molecule has 0 spiro atoms. The summed E-state index contributed by atoms with van der Waals surface area (Å²) < 4.78 is 0. The summed E-state index contributed by atoms with van der Waals surface area (Å²) in [6, 6.07) is 18.2. The predicted molar refractivity (Wildman–Crippen MR) is 76.6 cm³/mol. The molecule has 0 fully saturated rings. The van der Waals surface area contributed by atoms with Crippen LogP contribution in [0.5, 0.6) is 0 Å². The molecule has 0 unspecified atom stereocenters. The standard InChI is InChI=1S/C17H17NO/c18-13-15-6-10-17(11-7-15)16-8-4-14(5-9-16)3-1-2-12-19/h4-11,19H,1-3,12H2. The van der Waals surface area contributed by atoms with Crippen LogP contribution in [0.2, 0.25) is 0 Å². The van der Waals surface area contributed by atoms with Crippen molar-refractivity contribution in [1.82, 2.24) is 0 Å². The van der Waals surface area contributed by atoms with Crippen LogP contribution in [-0.2, 0) is 6.42 Å².